The summed E-state index contributed by atoms with van der Waals surface area (Å²) in [7, 11) is 3.98. The molecule has 174 valence electrons. The molecule has 1 aliphatic rings. The first-order valence-electron chi connectivity index (χ1n) is 11.2. The van der Waals surface area contributed by atoms with Gasteiger partial charge in [-0.3, -0.25) is 19.9 Å². The number of nitrogens with zero attached hydrogens (tertiary/aromatic N) is 4. The van der Waals surface area contributed by atoms with Crippen LogP contribution in [0.25, 0.3) is 22.0 Å². The molecule has 1 fully saturated rings. The molecule has 5 rings (SSSR count). The van der Waals surface area contributed by atoms with Gasteiger partial charge >= 0.3 is 0 Å². The molecular formula is C25H27N7O2. The quantitative estimate of drug-likeness (QED) is 0.299. The fraction of sp³-hybridized carbons (Fsp3) is 0.280. The van der Waals surface area contributed by atoms with Crippen molar-refractivity contribution in [2.24, 2.45) is 5.92 Å². The van der Waals surface area contributed by atoms with Crippen LogP contribution in [0.5, 0.6) is 0 Å². The van der Waals surface area contributed by atoms with Crippen molar-refractivity contribution < 1.29 is 9.90 Å². The smallest absolute Gasteiger partial charge is 0.227 e. The van der Waals surface area contributed by atoms with Gasteiger partial charge in [0, 0.05) is 29.6 Å². The molecule has 9 nitrogen and oxygen atoms in total. The van der Waals surface area contributed by atoms with Crippen LogP contribution in [0.1, 0.15) is 30.5 Å². The minimum atomic E-state index is -0.996. The molecule has 1 aromatic carbocycles. The predicted octanol–water partition coefficient (Wildman–Crippen LogP) is 3.53. The van der Waals surface area contributed by atoms with E-state index >= 15 is 0 Å². The second kappa shape index (κ2) is 9.20. The number of pyridine rings is 2. The minimum Gasteiger partial charge on any atom is -0.368 e. The van der Waals surface area contributed by atoms with Gasteiger partial charge in [0.15, 0.2) is 6.23 Å². The number of hydrogen-bond donors (Lipinski definition) is 4. The van der Waals surface area contributed by atoms with Crippen molar-refractivity contribution >= 4 is 28.2 Å². The Hall–Kier alpha value is -3.82. The molecule has 0 aliphatic heterocycles. The van der Waals surface area contributed by atoms with Crippen molar-refractivity contribution in [3.05, 3.63) is 66.4 Å². The topological polar surface area (TPSA) is 119 Å². The summed E-state index contributed by atoms with van der Waals surface area (Å²) >= 11 is 0. The number of carbonyl (C=O) groups excluding carboxylic acids is 1. The Morgan fingerprint density at radius 3 is 2.71 bits per heavy atom. The van der Waals surface area contributed by atoms with Gasteiger partial charge < -0.3 is 20.6 Å². The lowest BCUT2D eigenvalue weighted by Gasteiger charge is -2.14. The standard InChI is InChI=1S/C25H27N7O2/c1-32(2)14-19-7-6-18(13-27-19)28-25(34)23-21-10-16(5-8-22(21)30-31-23)17-9-20(12-26-11-17)29-24(33)15-3-4-15/h5-13,15,25,28,34H,3-4,14H2,1-2H3,(H,29,33)(H,30,31). The van der Waals surface area contributed by atoms with Gasteiger partial charge in [0.1, 0.15) is 0 Å². The lowest BCUT2D eigenvalue weighted by Crippen LogP contribution is -2.13. The molecule has 0 spiro atoms. The minimum absolute atomic E-state index is 0.0463. The van der Waals surface area contributed by atoms with Gasteiger partial charge in [-0.2, -0.15) is 5.10 Å². The maximum absolute atomic E-state index is 12.1. The molecule has 4 N–H and O–H groups in total. The molecule has 3 heterocycles. The van der Waals surface area contributed by atoms with E-state index in [0.717, 1.165) is 47.1 Å². The molecule has 1 aliphatic carbocycles. The van der Waals surface area contributed by atoms with Crippen molar-refractivity contribution in [2.45, 2.75) is 25.6 Å². The van der Waals surface area contributed by atoms with Crippen LogP contribution in [0.4, 0.5) is 11.4 Å². The molecule has 1 unspecified atom stereocenters. The maximum Gasteiger partial charge on any atom is 0.227 e. The summed E-state index contributed by atoms with van der Waals surface area (Å²) in [6.07, 6.45) is 6.01. The van der Waals surface area contributed by atoms with Crippen LogP contribution >= 0.6 is 0 Å². The number of nitrogens with one attached hydrogen (secondary N) is 3. The monoisotopic (exact) mass is 457 g/mol. The van der Waals surface area contributed by atoms with Crippen LogP contribution in [-0.2, 0) is 11.3 Å². The summed E-state index contributed by atoms with van der Waals surface area (Å²) in [6.45, 7) is 0.747. The molecule has 0 saturated heterocycles. The Bertz CT molecular complexity index is 1310. The Labute approximate surface area is 197 Å². The number of H-pyrrole nitrogens is 1. The van der Waals surface area contributed by atoms with Crippen molar-refractivity contribution in [2.75, 3.05) is 24.7 Å². The van der Waals surface area contributed by atoms with Gasteiger partial charge in [-0.05, 0) is 62.8 Å². The number of benzene rings is 1. The van der Waals surface area contributed by atoms with E-state index in [1.165, 1.54) is 0 Å². The van der Waals surface area contributed by atoms with E-state index in [2.05, 4.69) is 30.8 Å². The fourth-order valence-corrected chi connectivity index (χ4v) is 3.83. The number of amides is 1. The molecule has 34 heavy (non-hydrogen) atoms. The zero-order valence-corrected chi connectivity index (χ0v) is 19.1. The normalized spacial score (nSPS) is 14.4. The molecule has 9 heteroatoms. The highest BCUT2D eigenvalue weighted by Crippen LogP contribution is 2.32. The molecule has 1 atom stereocenters. The van der Waals surface area contributed by atoms with Crippen LogP contribution in [-0.4, -0.2) is 50.2 Å². The number of aliphatic hydroxyl groups excluding tert-OH is 1. The lowest BCUT2D eigenvalue weighted by atomic mass is 10.0. The van der Waals surface area contributed by atoms with Crippen molar-refractivity contribution in [3.8, 4) is 11.1 Å². The maximum atomic E-state index is 12.1. The van der Waals surface area contributed by atoms with Gasteiger partial charge in [-0.1, -0.05) is 6.07 Å². The SMILES string of the molecule is CN(C)Cc1ccc(NC(O)c2[nH]nc3ccc(-c4cncc(NC(=O)C5CC5)c4)cc23)cn1. The number of rotatable bonds is 8. The second-order valence-corrected chi connectivity index (χ2v) is 8.92. The number of fused-ring (bicyclic) bond motifs is 1. The largest absolute Gasteiger partial charge is 0.368 e. The number of aliphatic hydroxyl groups is 1. The number of anilines is 2. The van der Waals surface area contributed by atoms with Crippen LogP contribution in [0.15, 0.2) is 55.0 Å². The fourth-order valence-electron chi connectivity index (χ4n) is 3.83. The summed E-state index contributed by atoms with van der Waals surface area (Å²) in [5.74, 6) is 0.173. The number of carbonyl (C=O) groups is 1. The summed E-state index contributed by atoms with van der Waals surface area (Å²) in [5, 5.41) is 24.9. The Balaban J connectivity index is 1.36. The van der Waals surface area contributed by atoms with Crippen LogP contribution in [0, 0.1) is 5.92 Å². The molecular weight excluding hydrogens is 430 g/mol. The zero-order valence-electron chi connectivity index (χ0n) is 19.1. The van der Waals surface area contributed by atoms with Gasteiger partial charge in [-0.15, -0.1) is 0 Å². The predicted molar refractivity (Wildman–Crippen MR) is 131 cm³/mol. The molecule has 0 bridgehead atoms. The summed E-state index contributed by atoms with van der Waals surface area (Å²) < 4.78 is 0. The molecule has 3 aromatic heterocycles. The van der Waals surface area contributed by atoms with Crippen LogP contribution in [0.3, 0.4) is 0 Å². The first-order valence-corrected chi connectivity index (χ1v) is 11.2. The number of hydrogen-bond acceptors (Lipinski definition) is 7. The molecule has 1 saturated carbocycles. The number of aromatic amines is 1. The van der Waals surface area contributed by atoms with Gasteiger partial charge in [0.25, 0.3) is 0 Å². The van der Waals surface area contributed by atoms with Gasteiger partial charge in [0.2, 0.25) is 5.91 Å². The van der Waals surface area contributed by atoms with Crippen molar-refractivity contribution in [1.29, 1.82) is 0 Å². The first kappa shape index (κ1) is 22.0. The third-order valence-electron chi connectivity index (χ3n) is 5.75. The summed E-state index contributed by atoms with van der Waals surface area (Å²) in [4.78, 5) is 22.9. The molecule has 1 amide bonds. The van der Waals surface area contributed by atoms with E-state index < -0.39 is 6.23 Å². The second-order valence-electron chi connectivity index (χ2n) is 8.92. The first-order chi connectivity index (χ1) is 16.5. The molecule has 4 aromatic rings. The average molecular weight is 458 g/mol. The summed E-state index contributed by atoms with van der Waals surface area (Å²) in [5.41, 5.74) is 5.40. The van der Waals surface area contributed by atoms with E-state index in [1.54, 1.807) is 18.6 Å². The third-order valence-corrected chi connectivity index (χ3v) is 5.75. The van der Waals surface area contributed by atoms with E-state index in [-0.39, 0.29) is 11.8 Å². The number of aromatic nitrogens is 4. The van der Waals surface area contributed by atoms with Crippen molar-refractivity contribution in [1.82, 2.24) is 25.1 Å². The van der Waals surface area contributed by atoms with Gasteiger partial charge in [0.05, 0.1) is 40.7 Å². The van der Waals surface area contributed by atoms with Crippen LogP contribution < -0.4 is 10.6 Å². The van der Waals surface area contributed by atoms with E-state index in [4.69, 9.17) is 0 Å². The summed E-state index contributed by atoms with van der Waals surface area (Å²) in [6, 6.07) is 11.5. The van der Waals surface area contributed by atoms with E-state index in [1.807, 2.05) is 55.4 Å². The Morgan fingerprint density at radius 2 is 1.97 bits per heavy atom. The van der Waals surface area contributed by atoms with E-state index in [0.29, 0.717) is 17.1 Å². The van der Waals surface area contributed by atoms with Crippen LogP contribution in [0.2, 0.25) is 0 Å². The highest BCUT2D eigenvalue weighted by molar-refractivity contribution is 5.94. The Morgan fingerprint density at radius 1 is 1.12 bits per heavy atom. The highest BCUT2D eigenvalue weighted by Gasteiger charge is 2.29. The Kier molecular flexibility index (Phi) is 5.95. The van der Waals surface area contributed by atoms with Crippen molar-refractivity contribution in [3.63, 3.8) is 0 Å². The average Bonchev–Trinajstić information content (AvgIpc) is 3.59. The van der Waals surface area contributed by atoms with Gasteiger partial charge in [-0.25, -0.2) is 0 Å². The highest BCUT2D eigenvalue weighted by atomic mass is 16.3. The lowest BCUT2D eigenvalue weighted by molar-refractivity contribution is -0.117. The molecule has 0 radical (unpaired) electrons. The van der Waals surface area contributed by atoms with E-state index in [9.17, 15) is 9.90 Å². The third kappa shape index (κ3) is 4.90. The zero-order chi connectivity index (χ0) is 23.7.